The van der Waals surface area contributed by atoms with Crippen molar-refractivity contribution in [2.45, 2.75) is 80.2 Å². The van der Waals surface area contributed by atoms with Gasteiger partial charge in [-0.25, -0.2) is 0 Å². The standard InChI is InChI=1S/C30H32N4O4.C8H18.C2H4/c1-3-4-5-8-14-33-16-18-10-9-11-19(15-18)34(2)30(38)23-22(17-35)26(31)24-25(27(23)32)29(37)21-13-7-6-12-20(21)28(24)36;1-7(2)6-8(3,4)5;1-2/h6-7,9-13,15,17,33H,3-5,8,14,16,31-32H2,1-2H3;7H,6H2,1-5H3;1-2H2. The van der Waals surface area contributed by atoms with E-state index in [0.29, 0.717) is 23.9 Å². The van der Waals surface area contributed by atoms with Gasteiger partial charge in [0, 0.05) is 30.4 Å². The highest BCUT2D eigenvalue weighted by Gasteiger charge is 2.37. The Hall–Kier alpha value is -4.56. The van der Waals surface area contributed by atoms with E-state index >= 15 is 0 Å². The summed E-state index contributed by atoms with van der Waals surface area (Å²) < 4.78 is 0. The number of anilines is 3. The van der Waals surface area contributed by atoms with Gasteiger partial charge in [0.15, 0.2) is 17.9 Å². The molecule has 0 aromatic heterocycles. The van der Waals surface area contributed by atoms with E-state index in [1.807, 2.05) is 18.2 Å². The number of rotatable bonds is 11. The summed E-state index contributed by atoms with van der Waals surface area (Å²) in [5.74, 6) is -0.789. The van der Waals surface area contributed by atoms with Gasteiger partial charge in [-0.2, -0.15) is 0 Å². The molecule has 0 heterocycles. The van der Waals surface area contributed by atoms with Crippen molar-refractivity contribution >= 4 is 40.8 Å². The van der Waals surface area contributed by atoms with Gasteiger partial charge in [0.25, 0.3) is 5.91 Å². The number of unbranched alkanes of at least 4 members (excludes halogenated alkanes) is 3. The minimum Gasteiger partial charge on any atom is -0.398 e. The molecule has 0 unspecified atom stereocenters. The summed E-state index contributed by atoms with van der Waals surface area (Å²) in [7, 11) is 1.56. The number of nitrogens with one attached hydrogen (secondary N) is 1. The number of ketones is 2. The largest absolute Gasteiger partial charge is 0.398 e. The molecule has 8 heteroatoms. The van der Waals surface area contributed by atoms with Gasteiger partial charge in [0.05, 0.1) is 33.6 Å². The zero-order valence-corrected chi connectivity index (χ0v) is 29.9. The van der Waals surface area contributed by atoms with Crippen molar-refractivity contribution in [2.75, 3.05) is 30.0 Å². The summed E-state index contributed by atoms with van der Waals surface area (Å²) in [6.45, 7) is 21.1. The highest BCUT2D eigenvalue weighted by molar-refractivity contribution is 6.34. The fraction of sp³-hybridized carbons (Fsp3) is 0.400. The van der Waals surface area contributed by atoms with Crippen molar-refractivity contribution in [3.05, 3.63) is 101 Å². The van der Waals surface area contributed by atoms with Crippen LogP contribution in [-0.2, 0) is 6.54 Å². The van der Waals surface area contributed by atoms with Gasteiger partial charge < -0.3 is 21.7 Å². The SMILES string of the molecule is C=C.CC(C)CC(C)(C)C.CCCCCCNCc1cccc(N(C)C(=O)c2c(N)c3c(c(N)c2C=O)C(=O)c2ccccc2C3=O)c1. The molecule has 0 fully saturated rings. The quantitative estimate of drug-likeness (QED) is 0.0641. The average molecular weight is 655 g/mol. The van der Waals surface area contributed by atoms with Gasteiger partial charge in [-0.3, -0.25) is 19.2 Å². The van der Waals surface area contributed by atoms with Gasteiger partial charge in [0.1, 0.15) is 0 Å². The average Bonchev–Trinajstić information content (AvgIpc) is 3.05. The lowest BCUT2D eigenvalue weighted by Crippen LogP contribution is -2.32. The van der Waals surface area contributed by atoms with Gasteiger partial charge in [0.2, 0.25) is 0 Å². The smallest absolute Gasteiger partial charge is 0.260 e. The van der Waals surface area contributed by atoms with Crippen molar-refractivity contribution in [2.24, 2.45) is 11.3 Å². The van der Waals surface area contributed by atoms with Crippen LogP contribution in [0.25, 0.3) is 0 Å². The number of aldehydes is 1. The fourth-order valence-corrected chi connectivity index (χ4v) is 6.08. The van der Waals surface area contributed by atoms with E-state index in [2.05, 4.69) is 60.0 Å². The van der Waals surface area contributed by atoms with Crippen molar-refractivity contribution in [1.29, 1.82) is 0 Å². The second-order valence-corrected chi connectivity index (χ2v) is 13.6. The Morgan fingerprint density at radius 1 is 0.917 bits per heavy atom. The molecule has 1 aliphatic carbocycles. The Morgan fingerprint density at radius 3 is 2.00 bits per heavy atom. The van der Waals surface area contributed by atoms with Crippen LogP contribution in [-0.4, -0.2) is 37.4 Å². The number of carbonyl (C=O) groups excluding carboxylic acids is 4. The van der Waals surface area contributed by atoms with Crippen molar-refractivity contribution < 1.29 is 19.2 Å². The van der Waals surface area contributed by atoms with Gasteiger partial charge >= 0.3 is 0 Å². The van der Waals surface area contributed by atoms with Gasteiger partial charge in [-0.1, -0.05) is 97.2 Å². The summed E-state index contributed by atoms with van der Waals surface area (Å²) in [5.41, 5.74) is 13.9. The van der Waals surface area contributed by atoms with Crippen LogP contribution < -0.4 is 21.7 Å². The first-order chi connectivity index (χ1) is 22.7. The molecule has 0 spiro atoms. The Labute approximate surface area is 287 Å². The molecule has 48 heavy (non-hydrogen) atoms. The molecule has 0 saturated carbocycles. The molecule has 4 rings (SSSR count). The Morgan fingerprint density at radius 2 is 1.50 bits per heavy atom. The number of fused-ring (bicyclic) bond motifs is 2. The molecule has 0 radical (unpaired) electrons. The monoisotopic (exact) mass is 654 g/mol. The van der Waals surface area contributed by atoms with Crippen LogP contribution in [0.4, 0.5) is 17.1 Å². The summed E-state index contributed by atoms with van der Waals surface area (Å²) in [4.78, 5) is 53.8. The van der Waals surface area contributed by atoms with E-state index in [1.165, 1.54) is 42.7 Å². The lowest BCUT2D eigenvalue weighted by molar-refractivity contribution is 0.0975. The third-order valence-electron chi connectivity index (χ3n) is 7.98. The van der Waals surface area contributed by atoms with Crippen molar-refractivity contribution in [3.63, 3.8) is 0 Å². The van der Waals surface area contributed by atoms with E-state index < -0.39 is 17.5 Å². The zero-order chi connectivity index (χ0) is 36.2. The fourth-order valence-electron chi connectivity index (χ4n) is 6.08. The molecule has 258 valence electrons. The first-order valence-electron chi connectivity index (χ1n) is 16.7. The van der Waals surface area contributed by atoms with E-state index in [1.54, 1.807) is 25.2 Å². The minimum atomic E-state index is -0.608. The predicted octanol–water partition coefficient (Wildman–Crippen LogP) is 8.27. The second kappa shape index (κ2) is 18.1. The minimum absolute atomic E-state index is 0.139. The maximum atomic E-state index is 13.7. The number of nitrogens with zero attached hydrogens (tertiary/aromatic N) is 1. The highest BCUT2D eigenvalue weighted by Crippen LogP contribution is 2.39. The third kappa shape index (κ3) is 9.73. The molecule has 1 aliphatic rings. The number of carbonyl (C=O) groups is 4. The third-order valence-corrected chi connectivity index (χ3v) is 7.98. The zero-order valence-electron chi connectivity index (χ0n) is 29.9. The number of nitrogens with two attached hydrogens (primary N) is 2. The Balaban J connectivity index is 0.000000702. The van der Waals surface area contributed by atoms with Crippen molar-refractivity contribution in [3.8, 4) is 0 Å². The normalized spacial score (nSPS) is 11.8. The molecular weight excluding hydrogens is 600 g/mol. The molecule has 0 bridgehead atoms. The Kier molecular flexibility index (Phi) is 14.9. The van der Waals surface area contributed by atoms with Crippen LogP contribution in [0.3, 0.4) is 0 Å². The van der Waals surface area contributed by atoms with Crippen LogP contribution >= 0.6 is 0 Å². The van der Waals surface area contributed by atoms with Crippen LogP contribution in [0.1, 0.15) is 132 Å². The summed E-state index contributed by atoms with van der Waals surface area (Å²) in [6, 6.07) is 13.8. The molecule has 8 nitrogen and oxygen atoms in total. The number of nitrogen functional groups attached to an aromatic ring is 2. The van der Waals surface area contributed by atoms with E-state index in [9.17, 15) is 19.2 Å². The van der Waals surface area contributed by atoms with Crippen LogP contribution in [0, 0.1) is 11.3 Å². The molecular formula is C40H54N4O4. The number of benzene rings is 3. The molecule has 3 aromatic rings. The maximum Gasteiger partial charge on any atom is 0.260 e. The molecule has 5 N–H and O–H groups in total. The molecule has 3 aromatic carbocycles. The predicted molar refractivity (Wildman–Crippen MR) is 199 cm³/mol. The number of hydrogen-bond donors (Lipinski definition) is 3. The lowest BCUT2D eigenvalue weighted by atomic mass is 9.79. The van der Waals surface area contributed by atoms with Gasteiger partial charge in [-0.05, 0) is 48.4 Å². The van der Waals surface area contributed by atoms with Crippen LogP contribution in [0.2, 0.25) is 0 Å². The number of hydrogen-bond acceptors (Lipinski definition) is 7. The second-order valence-electron chi connectivity index (χ2n) is 13.6. The topological polar surface area (TPSA) is 136 Å². The van der Waals surface area contributed by atoms with E-state index in [4.69, 9.17) is 11.5 Å². The Bertz CT molecular complexity index is 1600. The highest BCUT2D eigenvalue weighted by atomic mass is 16.2. The summed E-state index contributed by atoms with van der Waals surface area (Å²) >= 11 is 0. The van der Waals surface area contributed by atoms with E-state index in [0.717, 1.165) is 24.4 Å². The molecule has 0 atom stereocenters. The first-order valence-corrected chi connectivity index (χ1v) is 16.7. The molecule has 0 saturated heterocycles. The summed E-state index contributed by atoms with van der Waals surface area (Å²) in [6.07, 6.45) is 6.43. The van der Waals surface area contributed by atoms with Crippen LogP contribution in [0.15, 0.2) is 61.7 Å². The summed E-state index contributed by atoms with van der Waals surface area (Å²) in [5, 5.41) is 3.42. The lowest BCUT2D eigenvalue weighted by Gasteiger charge is -2.26. The molecule has 0 aliphatic heterocycles. The number of amides is 1. The molecule has 1 amide bonds. The van der Waals surface area contributed by atoms with Gasteiger partial charge in [-0.15, -0.1) is 13.2 Å². The van der Waals surface area contributed by atoms with E-state index in [-0.39, 0.29) is 44.8 Å². The first kappa shape index (κ1) is 39.6. The van der Waals surface area contributed by atoms with Crippen molar-refractivity contribution in [1.82, 2.24) is 5.32 Å². The van der Waals surface area contributed by atoms with Crippen LogP contribution in [0.5, 0.6) is 0 Å². The maximum absolute atomic E-state index is 13.7.